The van der Waals surface area contributed by atoms with Gasteiger partial charge in [0.15, 0.2) is 5.82 Å². The van der Waals surface area contributed by atoms with Crippen molar-refractivity contribution in [2.45, 2.75) is 50.6 Å². The van der Waals surface area contributed by atoms with Gasteiger partial charge >= 0.3 is 6.01 Å². The molecule has 6 rings (SSSR count). The largest absolute Gasteiger partial charge is 0.462 e. The number of rotatable bonds is 7. The minimum Gasteiger partial charge on any atom is -0.462 e. The number of carbonyl (C=O) groups is 1. The van der Waals surface area contributed by atoms with Crippen molar-refractivity contribution in [3.63, 3.8) is 0 Å². The predicted octanol–water partition coefficient (Wildman–Crippen LogP) is 4.48. The van der Waals surface area contributed by atoms with E-state index in [9.17, 15) is 4.79 Å². The molecule has 0 N–H and O–H groups in total. The number of carbonyl (C=O) groups excluding carboxylic acids is 1. The van der Waals surface area contributed by atoms with E-state index in [1.54, 1.807) is 11.1 Å². The number of likely N-dealkylation sites (N-methyl/N-ethyl adjacent to an activating group) is 1. The molecule has 9 nitrogen and oxygen atoms in total. The van der Waals surface area contributed by atoms with Crippen LogP contribution in [0.3, 0.4) is 0 Å². The Balaban J connectivity index is 1.43. The standard InChI is InChI=1S/C32H36FN7O2/c1-5-26(41)40-15-14-39(18-23(40)16-34-3)31-25-17-35-29(24-10-6-8-21-12-11-20(2)27(21)24)28(33)30(25)36-32(37-31)42-19-22-9-7-13-38(22)4/h5-6,8,10,17,20,22-23H,1,7,9,11-16,18-19H2,2,4H3/t20?,22-,23-/m0/s1. The number of aromatic nitrogens is 3. The van der Waals surface area contributed by atoms with E-state index >= 15 is 4.39 Å². The van der Waals surface area contributed by atoms with E-state index in [0.29, 0.717) is 43.4 Å². The Hall–Kier alpha value is -4.10. The van der Waals surface area contributed by atoms with Gasteiger partial charge in [-0.05, 0) is 62.4 Å². The summed E-state index contributed by atoms with van der Waals surface area (Å²) >= 11 is 0. The number of fused-ring (bicyclic) bond motifs is 2. The first-order valence-electron chi connectivity index (χ1n) is 14.7. The molecule has 0 spiro atoms. The molecule has 0 saturated carbocycles. The maximum atomic E-state index is 16.6. The lowest BCUT2D eigenvalue weighted by Gasteiger charge is -2.39. The second kappa shape index (κ2) is 11.6. The van der Waals surface area contributed by atoms with E-state index in [0.717, 1.165) is 43.4 Å². The van der Waals surface area contributed by atoms with Crippen LogP contribution in [-0.2, 0) is 11.2 Å². The van der Waals surface area contributed by atoms with Gasteiger partial charge in [-0.15, -0.1) is 0 Å². The Kier molecular flexibility index (Phi) is 7.78. The molecule has 1 amide bonds. The molecule has 3 atom stereocenters. The van der Waals surface area contributed by atoms with E-state index < -0.39 is 5.82 Å². The summed E-state index contributed by atoms with van der Waals surface area (Å²) in [6.07, 6.45) is 7.07. The number of amides is 1. The highest BCUT2D eigenvalue weighted by Crippen LogP contribution is 2.41. The number of ether oxygens (including phenoxy) is 1. The fourth-order valence-electron chi connectivity index (χ4n) is 6.73. The zero-order valence-electron chi connectivity index (χ0n) is 24.2. The lowest BCUT2D eigenvalue weighted by Crippen LogP contribution is -2.56. The first-order chi connectivity index (χ1) is 20.4. The number of hydrogen-bond donors (Lipinski definition) is 0. The van der Waals surface area contributed by atoms with Crippen molar-refractivity contribution in [3.8, 4) is 17.3 Å². The Labute approximate surface area is 245 Å². The van der Waals surface area contributed by atoms with Gasteiger partial charge in [0.1, 0.15) is 29.7 Å². The Bertz CT molecular complexity index is 1570. The second-order valence-electron chi connectivity index (χ2n) is 11.6. The Morgan fingerprint density at radius 1 is 1.24 bits per heavy atom. The van der Waals surface area contributed by atoms with Crippen molar-refractivity contribution in [1.29, 1.82) is 0 Å². The van der Waals surface area contributed by atoms with Gasteiger partial charge in [0, 0.05) is 37.4 Å². The molecule has 1 aromatic carbocycles. The van der Waals surface area contributed by atoms with Crippen molar-refractivity contribution >= 4 is 22.6 Å². The first-order valence-corrected chi connectivity index (χ1v) is 14.7. The number of nitrogens with zero attached hydrogens (tertiary/aromatic N) is 7. The van der Waals surface area contributed by atoms with Gasteiger partial charge in [-0.2, -0.15) is 9.97 Å². The Morgan fingerprint density at radius 3 is 2.86 bits per heavy atom. The number of pyridine rings is 1. The normalized spacial score (nSPS) is 22.3. The fourth-order valence-corrected chi connectivity index (χ4v) is 6.73. The molecule has 0 radical (unpaired) electrons. The van der Waals surface area contributed by atoms with Crippen LogP contribution in [-0.4, -0.2) is 89.1 Å². The van der Waals surface area contributed by atoms with Crippen LogP contribution < -0.4 is 9.64 Å². The molecule has 10 heteroatoms. The highest BCUT2D eigenvalue weighted by atomic mass is 19.1. The zero-order valence-corrected chi connectivity index (χ0v) is 24.2. The summed E-state index contributed by atoms with van der Waals surface area (Å²) in [5.74, 6) is 0.123. The van der Waals surface area contributed by atoms with Crippen LogP contribution in [0, 0.1) is 12.4 Å². The SMILES string of the molecule is [C-]#[N+]C[C@H]1CN(c2nc(OC[C@@H]3CCCN3C)nc3c(F)c(-c4cccc5c4C(C)CC5)ncc23)CCN1C(=O)C=C. The molecule has 2 saturated heterocycles. The predicted molar refractivity (Wildman–Crippen MR) is 160 cm³/mol. The minimum absolute atomic E-state index is 0.117. The molecular weight excluding hydrogens is 533 g/mol. The number of piperazine rings is 1. The van der Waals surface area contributed by atoms with Crippen LogP contribution in [0.25, 0.3) is 27.0 Å². The minimum atomic E-state index is -0.496. The average molecular weight is 570 g/mol. The molecule has 3 aromatic rings. The van der Waals surface area contributed by atoms with Gasteiger partial charge in [0.25, 0.3) is 0 Å². The topological polar surface area (TPSA) is 79.1 Å². The van der Waals surface area contributed by atoms with Crippen LogP contribution in [0.1, 0.15) is 43.2 Å². The molecule has 218 valence electrons. The fraction of sp³-hybridized carbons (Fsp3) is 0.469. The lowest BCUT2D eigenvalue weighted by molar-refractivity contribution is -0.128. The van der Waals surface area contributed by atoms with E-state index in [4.69, 9.17) is 16.3 Å². The van der Waals surface area contributed by atoms with E-state index in [-0.39, 0.29) is 41.8 Å². The zero-order chi connectivity index (χ0) is 29.4. The van der Waals surface area contributed by atoms with Crippen LogP contribution in [0.5, 0.6) is 6.01 Å². The average Bonchev–Trinajstić information content (AvgIpc) is 3.60. The summed E-state index contributed by atoms with van der Waals surface area (Å²) < 4.78 is 22.7. The first kappa shape index (κ1) is 28.0. The van der Waals surface area contributed by atoms with E-state index in [2.05, 4.69) is 46.3 Å². The summed E-state index contributed by atoms with van der Waals surface area (Å²) in [5, 5.41) is 0.479. The molecule has 4 heterocycles. The number of aryl methyl sites for hydroxylation is 1. The maximum Gasteiger partial charge on any atom is 0.319 e. The number of likely N-dealkylation sites (tertiary alicyclic amines) is 1. The molecular formula is C32H36FN7O2. The molecule has 2 fully saturated rings. The number of halogens is 1. The summed E-state index contributed by atoms with van der Waals surface area (Å²) in [6.45, 7) is 16.0. The number of anilines is 1. The molecule has 2 aromatic heterocycles. The van der Waals surface area contributed by atoms with Gasteiger partial charge in [-0.1, -0.05) is 31.7 Å². The molecule has 42 heavy (non-hydrogen) atoms. The monoisotopic (exact) mass is 569 g/mol. The van der Waals surface area contributed by atoms with Gasteiger partial charge in [0.2, 0.25) is 12.5 Å². The summed E-state index contributed by atoms with van der Waals surface area (Å²) in [6, 6.07) is 6.04. The van der Waals surface area contributed by atoms with Crippen molar-refractivity contribution in [2.24, 2.45) is 0 Å². The maximum absolute atomic E-state index is 16.6. The summed E-state index contributed by atoms with van der Waals surface area (Å²) in [7, 11) is 2.08. The van der Waals surface area contributed by atoms with Gasteiger partial charge < -0.3 is 24.3 Å². The molecule has 1 aliphatic carbocycles. The smallest absolute Gasteiger partial charge is 0.319 e. The van der Waals surface area contributed by atoms with Crippen LogP contribution in [0.2, 0.25) is 0 Å². The summed E-state index contributed by atoms with van der Waals surface area (Å²) in [4.78, 5) is 36.0. The molecule has 2 aliphatic heterocycles. The lowest BCUT2D eigenvalue weighted by atomic mass is 9.94. The summed E-state index contributed by atoms with van der Waals surface area (Å²) in [5.41, 5.74) is 3.65. The van der Waals surface area contributed by atoms with Crippen molar-refractivity contribution in [2.75, 3.05) is 51.3 Å². The number of hydrogen-bond acceptors (Lipinski definition) is 7. The van der Waals surface area contributed by atoms with Gasteiger partial charge in [0.05, 0.1) is 5.39 Å². The molecule has 0 bridgehead atoms. The van der Waals surface area contributed by atoms with Crippen molar-refractivity contribution in [3.05, 3.63) is 65.4 Å². The highest BCUT2D eigenvalue weighted by Gasteiger charge is 2.34. The second-order valence-corrected chi connectivity index (χ2v) is 11.6. The van der Waals surface area contributed by atoms with E-state index in [1.165, 1.54) is 11.6 Å². The van der Waals surface area contributed by atoms with Crippen molar-refractivity contribution in [1.82, 2.24) is 24.8 Å². The third kappa shape index (κ3) is 5.07. The van der Waals surface area contributed by atoms with Gasteiger partial charge in [-0.25, -0.2) is 11.0 Å². The van der Waals surface area contributed by atoms with Crippen LogP contribution in [0.4, 0.5) is 10.2 Å². The molecule has 1 unspecified atom stereocenters. The van der Waals surface area contributed by atoms with E-state index in [1.807, 2.05) is 17.0 Å². The third-order valence-corrected chi connectivity index (χ3v) is 9.05. The van der Waals surface area contributed by atoms with Crippen molar-refractivity contribution < 1.29 is 13.9 Å². The highest BCUT2D eigenvalue weighted by molar-refractivity contribution is 5.93. The third-order valence-electron chi connectivity index (χ3n) is 9.05. The van der Waals surface area contributed by atoms with Gasteiger partial charge in [-0.3, -0.25) is 9.78 Å². The molecule has 3 aliphatic rings. The van der Waals surface area contributed by atoms with Crippen LogP contribution in [0.15, 0.2) is 37.1 Å². The van der Waals surface area contributed by atoms with Crippen LogP contribution >= 0.6 is 0 Å². The quantitative estimate of drug-likeness (QED) is 0.307. The Morgan fingerprint density at radius 2 is 2.10 bits per heavy atom. The number of benzene rings is 1.